The second-order valence-electron chi connectivity index (χ2n) is 4.92. The molecule has 2 radical (unpaired) electrons. The van der Waals surface area contributed by atoms with Crippen molar-refractivity contribution in [3.63, 3.8) is 0 Å². The van der Waals surface area contributed by atoms with Gasteiger partial charge in [-0.05, 0) is 36.7 Å². The molecule has 2 aromatic carbocycles. The summed E-state index contributed by atoms with van der Waals surface area (Å²) in [6.45, 7) is 0. The maximum absolute atomic E-state index is 11.6. The minimum absolute atomic E-state index is 0.239. The number of fused-ring (bicyclic) bond motifs is 1. The summed E-state index contributed by atoms with van der Waals surface area (Å²) in [7, 11) is 7.15. The lowest BCUT2D eigenvalue weighted by Crippen LogP contribution is -2.03. The van der Waals surface area contributed by atoms with Crippen molar-refractivity contribution in [1.29, 1.82) is 0 Å². The van der Waals surface area contributed by atoms with Gasteiger partial charge in [0.2, 0.25) is 0 Å². The summed E-state index contributed by atoms with van der Waals surface area (Å²) in [5.41, 5.74) is 3.97. The first-order valence-electron chi connectivity index (χ1n) is 6.97. The van der Waals surface area contributed by atoms with Gasteiger partial charge in [0.15, 0.2) is 0 Å². The summed E-state index contributed by atoms with van der Waals surface area (Å²) in [5, 5.41) is 0.652. The Morgan fingerprint density at radius 3 is 2.52 bits per heavy atom. The Kier molecular flexibility index (Phi) is 4.30. The number of aromatic nitrogens is 2. The largest absolute Gasteiger partial charge is 0.465 e. The quantitative estimate of drug-likeness (QED) is 0.548. The van der Waals surface area contributed by atoms with Crippen LogP contribution in [0.25, 0.3) is 22.3 Å². The number of esters is 1. The molecule has 0 unspecified atom stereocenters. The van der Waals surface area contributed by atoms with E-state index in [0.717, 1.165) is 5.56 Å². The Balaban J connectivity index is 2.16. The van der Waals surface area contributed by atoms with E-state index in [0.29, 0.717) is 33.0 Å². The van der Waals surface area contributed by atoms with Gasteiger partial charge in [-0.25, -0.2) is 14.8 Å². The number of carbonyl (C=O) groups excluding carboxylic acids is 1. The first-order valence-corrected chi connectivity index (χ1v) is 7.35. The van der Waals surface area contributed by atoms with Crippen LogP contribution < -0.4 is 0 Å². The van der Waals surface area contributed by atoms with Gasteiger partial charge in [-0.3, -0.25) is 0 Å². The van der Waals surface area contributed by atoms with Crippen LogP contribution in [-0.4, -0.2) is 30.9 Å². The molecule has 0 N–H and O–H groups in total. The SMILES string of the molecule is [B]Cc1nc2cc(C(=O)OC)ccc2nc1-c1ccc(Cl)cc1. The summed E-state index contributed by atoms with van der Waals surface area (Å²) in [4.78, 5) is 20.8. The van der Waals surface area contributed by atoms with Crippen molar-refractivity contribution in [1.82, 2.24) is 9.97 Å². The highest BCUT2D eigenvalue weighted by molar-refractivity contribution is 6.30. The molecular weight excluding hydrogens is 310 g/mol. The van der Waals surface area contributed by atoms with Crippen LogP contribution in [0.15, 0.2) is 42.5 Å². The maximum atomic E-state index is 11.6. The van der Waals surface area contributed by atoms with Crippen LogP contribution in [0.1, 0.15) is 16.1 Å². The fourth-order valence-corrected chi connectivity index (χ4v) is 2.44. The number of rotatable bonds is 3. The molecule has 0 amide bonds. The third kappa shape index (κ3) is 3.05. The minimum Gasteiger partial charge on any atom is -0.465 e. The van der Waals surface area contributed by atoms with Crippen LogP contribution in [0.3, 0.4) is 0 Å². The average molecular weight is 323 g/mol. The number of benzene rings is 2. The predicted octanol–water partition coefficient (Wildman–Crippen LogP) is 3.41. The number of hydrogen-bond acceptors (Lipinski definition) is 4. The van der Waals surface area contributed by atoms with Crippen molar-refractivity contribution in [2.75, 3.05) is 7.11 Å². The van der Waals surface area contributed by atoms with Gasteiger partial charge in [0.05, 0.1) is 42.9 Å². The van der Waals surface area contributed by atoms with E-state index in [1.165, 1.54) is 7.11 Å². The molecule has 0 aliphatic heterocycles. The Bertz CT molecular complexity index is 882. The smallest absolute Gasteiger partial charge is 0.337 e. The molecule has 6 heteroatoms. The van der Waals surface area contributed by atoms with E-state index in [1.54, 1.807) is 30.3 Å². The third-order valence-corrected chi connectivity index (χ3v) is 3.72. The molecule has 0 aliphatic carbocycles. The van der Waals surface area contributed by atoms with Gasteiger partial charge in [0.25, 0.3) is 0 Å². The summed E-state index contributed by atoms with van der Waals surface area (Å²) in [6, 6.07) is 12.4. The van der Waals surface area contributed by atoms with E-state index in [2.05, 4.69) is 9.97 Å². The number of methoxy groups -OCH3 is 1. The molecule has 1 aromatic heterocycles. The molecule has 0 fully saturated rings. The molecule has 1 heterocycles. The molecule has 112 valence electrons. The van der Waals surface area contributed by atoms with Crippen LogP contribution >= 0.6 is 11.6 Å². The van der Waals surface area contributed by atoms with Crippen molar-refractivity contribution in [2.45, 2.75) is 6.32 Å². The number of halogens is 1. The molecule has 3 aromatic rings. The zero-order valence-electron chi connectivity index (χ0n) is 12.4. The molecule has 0 saturated heterocycles. The summed E-state index contributed by atoms with van der Waals surface area (Å²) < 4.78 is 4.72. The van der Waals surface area contributed by atoms with E-state index in [1.807, 2.05) is 12.1 Å². The van der Waals surface area contributed by atoms with Gasteiger partial charge in [0.1, 0.15) is 0 Å². The molecule has 23 heavy (non-hydrogen) atoms. The maximum Gasteiger partial charge on any atom is 0.337 e. The molecule has 0 atom stereocenters. The first kappa shape index (κ1) is 15.5. The topological polar surface area (TPSA) is 52.1 Å². The number of nitrogens with zero attached hydrogens (tertiary/aromatic N) is 2. The van der Waals surface area contributed by atoms with Crippen molar-refractivity contribution in [3.8, 4) is 11.3 Å². The van der Waals surface area contributed by atoms with Gasteiger partial charge in [0, 0.05) is 10.6 Å². The van der Waals surface area contributed by atoms with Crippen LogP contribution in [0.2, 0.25) is 5.02 Å². The monoisotopic (exact) mass is 322 g/mol. The van der Waals surface area contributed by atoms with Gasteiger partial charge < -0.3 is 4.74 Å². The zero-order chi connectivity index (χ0) is 16.4. The highest BCUT2D eigenvalue weighted by Crippen LogP contribution is 2.25. The van der Waals surface area contributed by atoms with Crippen LogP contribution in [-0.2, 0) is 11.1 Å². The summed E-state index contributed by atoms with van der Waals surface area (Å²) >= 11 is 5.92. The average Bonchev–Trinajstić information content (AvgIpc) is 2.60. The van der Waals surface area contributed by atoms with E-state index < -0.39 is 5.97 Å². The fourth-order valence-electron chi connectivity index (χ4n) is 2.32. The molecule has 0 spiro atoms. The molecular formula is C17H12BClN2O2. The van der Waals surface area contributed by atoms with Gasteiger partial charge >= 0.3 is 5.97 Å². The molecule has 0 saturated carbocycles. The molecule has 4 nitrogen and oxygen atoms in total. The first-order chi connectivity index (χ1) is 11.1. The second-order valence-corrected chi connectivity index (χ2v) is 5.36. The van der Waals surface area contributed by atoms with E-state index in [4.69, 9.17) is 24.2 Å². The fraction of sp³-hybridized carbons (Fsp3) is 0.118. The lowest BCUT2D eigenvalue weighted by atomic mass is 9.97. The van der Waals surface area contributed by atoms with Crippen molar-refractivity contribution in [3.05, 3.63) is 58.7 Å². The van der Waals surface area contributed by atoms with Crippen molar-refractivity contribution in [2.24, 2.45) is 0 Å². The highest BCUT2D eigenvalue weighted by atomic mass is 35.5. The van der Waals surface area contributed by atoms with Crippen LogP contribution in [0.4, 0.5) is 0 Å². The van der Waals surface area contributed by atoms with Crippen LogP contribution in [0.5, 0.6) is 0 Å². The second kappa shape index (κ2) is 6.38. The van der Waals surface area contributed by atoms with E-state index >= 15 is 0 Å². The molecule has 0 aliphatic rings. The predicted molar refractivity (Wildman–Crippen MR) is 90.8 cm³/mol. The van der Waals surface area contributed by atoms with Crippen molar-refractivity contribution < 1.29 is 9.53 Å². The van der Waals surface area contributed by atoms with Crippen LogP contribution in [0, 0.1) is 0 Å². The van der Waals surface area contributed by atoms with E-state index in [-0.39, 0.29) is 6.32 Å². The minimum atomic E-state index is -0.412. The number of ether oxygens (including phenoxy) is 1. The summed E-state index contributed by atoms with van der Waals surface area (Å²) in [6.07, 6.45) is 0.239. The molecule has 0 bridgehead atoms. The Morgan fingerprint density at radius 2 is 1.87 bits per heavy atom. The Labute approximate surface area is 139 Å². The van der Waals surface area contributed by atoms with E-state index in [9.17, 15) is 4.79 Å². The zero-order valence-corrected chi connectivity index (χ0v) is 13.2. The number of hydrogen-bond donors (Lipinski definition) is 0. The van der Waals surface area contributed by atoms with Gasteiger partial charge in [-0.2, -0.15) is 0 Å². The third-order valence-electron chi connectivity index (χ3n) is 3.47. The lowest BCUT2D eigenvalue weighted by Gasteiger charge is -2.09. The highest BCUT2D eigenvalue weighted by Gasteiger charge is 2.12. The summed E-state index contributed by atoms with van der Waals surface area (Å²) in [5.74, 6) is -0.412. The Morgan fingerprint density at radius 1 is 1.13 bits per heavy atom. The lowest BCUT2D eigenvalue weighted by molar-refractivity contribution is 0.0601. The normalized spacial score (nSPS) is 10.7. The van der Waals surface area contributed by atoms with Gasteiger partial charge in [-0.15, -0.1) is 0 Å². The Hall–Kier alpha value is -2.40. The van der Waals surface area contributed by atoms with Gasteiger partial charge in [-0.1, -0.05) is 23.7 Å². The number of carbonyl (C=O) groups is 1. The molecule has 3 rings (SSSR count). The standard InChI is InChI=1S/C17H12BClN2O2/c1-23-17(22)11-4-7-13-14(8-11)20-15(9-18)16(21-13)10-2-5-12(19)6-3-10/h2-8H,9H2,1H3. The van der Waals surface area contributed by atoms with Crippen molar-refractivity contribution >= 4 is 36.4 Å².